The number of aliphatic hydroxyl groups is 1. The molecule has 1 aromatic heterocycles. The standard InChI is InChI=1S/C13H13BrN2O3S/c14-10-5-12(20-8-10)6-15-7-13(17)9-1-3-11(4-2-9)16(18)19/h1-5,8,13,15,17H,6-7H2. The van der Waals surface area contributed by atoms with Gasteiger partial charge in [-0.25, -0.2) is 0 Å². The summed E-state index contributed by atoms with van der Waals surface area (Å²) in [6.45, 7) is 1.08. The maximum absolute atomic E-state index is 10.5. The van der Waals surface area contributed by atoms with E-state index in [2.05, 4.69) is 21.2 Å². The first kappa shape index (κ1) is 15.1. The lowest BCUT2D eigenvalue weighted by Crippen LogP contribution is -2.20. The molecule has 0 saturated heterocycles. The molecule has 7 heteroatoms. The summed E-state index contributed by atoms with van der Waals surface area (Å²) < 4.78 is 1.05. The Balaban J connectivity index is 1.85. The molecular formula is C13H13BrN2O3S. The van der Waals surface area contributed by atoms with Crippen molar-refractivity contribution < 1.29 is 10.0 Å². The molecule has 5 nitrogen and oxygen atoms in total. The van der Waals surface area contributed by atoms with Crippen LogP contribution in [0.5, 0.6) is 0 Å². The Morgan fingerprint density at radius 1 is 1.40 bits per heavy atom. The van der Waals surface area contributed by atoms with E-state index in [0.29, 0.717) is 18.7 Å². The first-order valence-electron chi connectivity index (χ1n) is 5.92. The molecule has 20 heavy (non-hydrogen) atoms. The number of nitrogens with zero attached hydrogens (tertiary/aromatic N) is 1. The van der Waals surface area contributed by atoms with Crippen molar-refractivity contribution in [2.45, 2.75) is 12.6 Å². The Morgan fingerprint density at radius 3 is 2.65 bits per heavy atom. The molecule has 1 unspecified atom stereocenters. The topological polar surface area (TPSA) is 75.4 Å². The summed E-state index contributed by atoms with van der Waals surface area (Å²) in [5, 5.41) is 25.7. The van der Waals surface area contributed by atoms with Gasteiger partial charge in [0.1, 0.15) is 0 Å². The van der Waals surface area contributed by atoms with Crippen LogP contribution in [-0.2, 0) is 6.54 Å². The highest BCUT2D eigenvalue weighted by Gasteiger charge is 2.10. The second-order valence-corrected chi connectivity index (χ2v) is 6.14. The van der Waals surface area contributed by atoms with Crippen LogP contribution < -0.4 is 5.32 Å². The van der Waals surface area contributed by atoms with Gasteiger partial charge < -0.3 is 10.4 Å². The highest BCUT2D eigenvalue weighted by molar-refractivity contribution is 9.10. The largest absolute Gasteiger partial charge is 0.387 e. The molecule has 0 aliphatic carbocycles. The fourth-order valence-electron chi connectivity index (χ4n) is 1.71. The highest BCUT2D eigenvalue weighted by atomic mass is 79.9. The van der Waals surface area contributed by atoms with Gasteiger partial charge in [-0.2, -0.15) is 0 Å². The number of rotatable bonds is 6. The van der Waals surface area contributed by atoms with Gasteiger partial charge in [-0.3, -0.25) is 10.1 Å². The van der Waals surface area contributed by atoms with Crippen LogP contribution >= 0.6 is 27.3 Å². The Bertz CT molecular complexity index is 586. The monoisotopic (exact) mass is 356 g/mol. The fourth-order valence-corrected chi connectivity index (χ4v) is 3.14. The second-order valence-electron chi connectivity index (χ2n) is 4.23. The first-order valence-corrected chi connectivity index (χ1v) is 7.59. The molecule has 2 aromatic rings. The number of hydrogen-bond donors (Lipinski definition) is 2. The number of nitro benzene ring substituents is 1. The average Bonchev–Trinajstić information content (AvgIpc) is 2.84. The molecule has 0 bridgehead atoms. The number of nitro groups is 1. The third-order valence-corrected chi connectivity index (χ3v) is 4.44. The molecule has 2 N–H and O–H groups in total. The number of nitrogens with one attached hydrogen (secondary N) is 1. The van der Waals surface area contributed by atoms with E-state index >= 15 is 0 Å². The molecule has 0 spiro atoms. The molecular weight excluding hydrogens is 344 g/mol. The third-order valence-electron chi connectivity index (χ3n) is 2.75. The van der Waals surface area contributed by atoms with Crippen molar-refractivity contribution in [2.24, 2.45) is 0 Å². The molecule has 1 aromatic carbocycles. The number of hydrogen-bond acceptors (Lipinski definition) is 5. The molecule has 1 atom stereocenters. The predicted molar refractivity (Wildman–Crippen MR) is 81.8 cm³/mol. The Morgan fingerprint density at radius 2 is 2.10 bits per heavy atom. The van der Waals surface area contributed by atoms with Gasteiger partial charge >= 0.3 is 0 Å². The quantitative estimate of drug-likeness (QED) is 0.615. The number of halogens is 1. The number of aliphatic hydroxyl groups excluding tert-OH is 1. The van der Waals surface area contributed by atoms with Crippen LogP contribution in [0.15, 0.2) is 40.2 Å². The molecule has 0 aliphatic rings. The van der Waals surface area contributed by atoms with E-state index in [0.717, 1.165) is 4.47 Å². The summed E-state index contributed by atoms with van der Waals surface area (Å²) in [6.07, 6.45) is -0.681. The van der Waals surface area contributed by atoms with E-state index in [1.165, 1.54) is 17.0 Å². The van der Waals surface area contributed by atoms with Crippen LogP contribution in [0.2, 0.25) is 0 Å². The number of benzene rings is 1. The van der Waals surface area contributed by atoms with Crippen molar-refractivity contribution in [3.8, 4) is 0 Å². The number of thiophene rings is 1. The van der Waals surface area contributed by atoms with Gasteiger partial charge in [0, 0.05) is 40.0 Å². The smallest absolute Gasteiger partial charge is 0.269 e. The third kappa shape index (κ3) is 4.11. The summed E-state index contributed by atoms with van der Waals surface area (Å²) in [6, 6.07) is 7.97. The van der Waals surface area contributed by atoms with Gasteiger partial charge in [0.2, 0.25) is 0 Å². The van der Waals surface area contributed by atoms with E-state index in [1.807, 2.05) is 11.4 Å². The minimum absolute atomic E-state index is 0.0253. The van der Waals surface area contributed by atoms with Crippen molar-refractivity contribution in [2.75, 3.05) is 6.54 Å². The zero-order chi connectivity index (χ0) is 14.5. The maximum atomic E-state index is 10.5. The maximum Gasteiger partial charge on any atom is 0.269 e. The van der Waals surface area contributed by atoms with Crippen LogP contribution in [0.4, 0.5) is 5.69 Å². The summed E-state index contributed by atoms with van der Waals surface area (Å²) >= 11 is 5.02. The van der Waals surface area contributed by atoms with E-state index in [-0.39, 0.29) is 5.69 Å². The average molecular weight is 357 g/mol. The van der Waals surface area contributed by atoms with Gasteiger partial charge in [0.05, 0.1) is 11.0 Å². The van der Waals surface area contributed by atoms with E-state index in [9.17, 15) is 15.2 Å². The van der Waals surface area contributed by atoms with Crippen LogP contribution in [0.25, 0.3) is 0 Å². The minimum atomic E-state index is -0.681. The lowest BCUT2D eigenvalue weighted by Gasteiger charge is -2.11. The molecule has 0 fully saturated rings. The Hall–Kier alpha value is -1.28. The van der Waals surface area contributed by atoms with Crippen molar-refractivity contribution in [1.29, 1.82) is 0 Å². The SMILES string of the molecule is O=[N+]([O-])c1ccc(C(O)CNCc2cc(Br)cs2)cc1. The van der Waals surface area contributed by atoms with E-state index in [1.54, 1.807) is 23.5 Å². The number of non-ortho nitro benzene ring substituents is 1. The van der Waals surface area contributed by atoms with Crippen LogP contribution in [-0.4, -0.2) is 16.6 Å². The summed E-state index contributed by atoms with van der Waals surface area (Å²) in [7, 11) is 0. The lowest BCUT2D eigenvalue weighted by molar-refractivity contribution is -0.384. The lowest BCUT2D eigenvalue weighted by atomic mass is 10.1. The Labute approximate surface area is 128 Å². The zero-order valence-corrected chi connectivity index (χ0v) is 12.9. The zero-order valence-electron chi connectivity index (χ0n) is 10.5. The fraction of sp³-hybridized carbons (Fsp3) is 0.231. The van der Waals surface area contributed by atoms with Crippen LogP contribution in [0, 0.1) is 10.1 Å². The van der Waals surface area contributed by atoms with E-state index < -0.39 is 11.0 Å². The molecule has 2 rings (SSSR count). The van der Waals surface area contributed by atoms with Crippen molar-refractivity contribution in [3.63, 3.8) is 0 Å². The normalized spacial score (nSPS) is 12.3. The first-order chi connectivity index (χ1) is 9.56. The summed E-state index contributed by atoms with van der Waals surface area (Å²) in [5.74, 6) is 0. The molecule has 0 aliphatic heterocycles. The minimum Gasteiger partial charge on any atom is -0.387 e. The second kappa shape index (κ2) is 6.94. The molecule has 0 amide bonds. The molecule has 0 saturated carbocycles. The molecule has 1 heterocycles. The molecule has 106 valence electrons. The van der Waals surface area contributed by atoms with Crippen LogP contribution in [0.3, 0.4) is 0 Å². The van der Waals surface area contributed by atoms with Crippen molar-refractivity contribution in [1.82, 2.24) is 5.32 Å². The van der Waals surface area contributed by atoms with Crippen molar-refractivity contribution in [3.05, 3.63) is 60.7 Å². The summed E-state index contributed by atoms with van der Waals surface area (Å²) in [5.41, 5.74) is 0.688. The highest BCUT2D eigenvalue weighted by Crippen LogP contribution is 2.20. The van der Waals surface area contributed by atoms with Crippen molar-refractivity contribution >= 4 is 33.0 Å². The Kier molecular flexibility index (Phi) is 5.24. The van der Waals surface area contributed by atoms with Gasteiger partial charge in [0.15, 0.2) is 0 Å². The predicted octanol–water partition coefficient (Wildman–Crippen LogP) is 3.24. The summed E-state index contributed by atoms with van der Waals surface area (Å²) in [4.78, 5) is 11.3. The molecule has 0 radical (unpaired) electrons. The van der Waals surface area contributed by atoms with Gasteiger partial charge in [-0.15, -0.1) is 11.3 Å². The van der Waals surface area contributed by atoms with Gasteiger partial charge in [-0.05, 0) is 39.7 Å². The van der Waals surface area contributed by atoms with Gasteiger partial charge in [-0.1, -0.05) is 0 Å². The van der Waals surface area contributed by atoms with Crippen LogP contribution in [0.1, 0.15) is 16.5 Å². The van der Waals surface area contributed by atoms with Gasteiger partial charge in [0.25, 0.3) is 5.69 Å². The van der Waals surface area contributed by atoms with E-state index in [4.69, 9.17) is 0 Å².